The summed E-state index contributed by atoms with van der Waals surface area (Å²) in [4.78, 5) is 22.2. The van der Waals surface area contributed by atoms with E-state index in [4.69, 9.17) is 10.5 Å². The van der Waals surface area contributed by atoms with Gasteiger partial charge in [0.1, 0.15) is 5.75 Å². The summed E-state index contributed by atoms with van der Waals surface area (Å²) in [5, 5.41) is 0. The maximum atomic E-state index is 10.8. The van der Waals surface area contributed by atoms with Gasteiger partial charge >= 0.3 is 11.8 Å². The molecule has 0 saturated heterocycles. The van der Waals surface area contributed by atoms with E-state index in [1.54, 1.807) is 0 Å². The summed E-state index contributed by atoms with van der Waals surface area (Å²) in [6, 6.07) is 7.39. The quantitative estimate of drug-likeness (QED) is 0.480. The number of amides is 2. The van der Waals surface area contributed by atoms with Crippen LogP contribution in [0, 0.1) is 0 Å². The van der Waals surface area contributed by atoms with Crippen LogP contribution in [0.5, 0.6) is 5.75 Å². The maximum Gasteiger partial charge on any atom is 0.319 e. The highest BCUT2D eigenvalue weighted by Gasteiger charge is 2.07. The van der Waals surface area contributed by atoms with Gasteiger partial charge in [-0.15, -0.1) is 0 Å². The molecule has 0 aliphatic heterocycles. The summed E-state index contributed by atoms with van der Waals surface area (Å²) in [5.41, 5.74) is 4.78. The molecule has 0 saturated carbocycles. The minimum Gasteiger partial charge on any atom is -0.494 e. The van der Waals surface area contributed by atoms with Crippen LogP contribution in [0.2, 0.25) is 0 Å². The van der Waals surface area contributed by atoms with Crippen LogP contribution in [0.4, 0.5) is 0 Å². The van der Waals surface area contributed by atoms with Crippen molar-refractivity contribution in [3.05, 3.63) is 24.3 Å². The zero-order valence-electron chi connectivity index (χ0n) is 9.14. The predicted octanol–water partition coefficient (Wildman–Crippen LogP) is 1.34. The number of benzene rings is 1. The fourth-order valence-electron chi connectivity index (χ4n) is 0.915. The third-order valence-corrected chi connectivity index (χ3v) is 3.52. The van der Waals surface area contributed by atoms with Crippen molar-refractivity contribution in [3.63, 3.8) is 0 Å². The third kappa shape index (κ3) is 5.01. The topological polar surface area (TPSA) is 81.4 Å². The van der Waals surface area contributed by atoms with E-state index in [9.17, 15) is 9.59 Å². The molecule has 1 aromatic carbocycles. The van der Waals surface area contributed by atoms with Gasteiger partial charge in [0.05, 0.1) is 6.61 Å². The van der Waals surface area contributed by atoms with Crippen molar-refractivity contribution in [2.24, 2.45) is 5.73 Å². The van der Waals surface area contributed by atoms with E-state index < -0.39 is 11.8 Å². The highest BCUT2D eigenvalue weighted by molar-refractivity contribution is 8.76. The second-order valence-electron chi connectivity index (χ2n) is 2.87. The Balaban J connectivity index is 2.37. The standard InChI is InChI=1S/C10H12N2O3S2/c1-2-15-7-3-5-8(6-4-7)16-17-12-10(14)9(11)13/h3-6H,2H2,1H3,(H2,11,13)(H,12,14). The van der Waals surface area contributed by atoms with Gasteiger partial charge in [-0.25, -0.2) is 0 Å². The van der Waals surface area contributed by atoms with Gasteiger partial charge in [-0.2, -0.15) is 0 Å². The zero-order valence-corrected chi connectivity index (χ0v) is 10.8. The van der Waals surface area contributed by atoms with Crippen LogP contribution < -0.4 is 15.2 Å². The van der Waals surface area contributed by atoms with Crippen LogP contribution in [-0.4, -0.2) is 18.4 Å². The van der Waals surface area contributed by atoms with Crippen LogP contribution >= 0.6 is 21.8 Å². The van der Waals surface area contributed by atoms with Crippen molar-refractivity contribution in [1.29, 1.82) is 0 Å². The number of hydrogen-bond acceptors (Lipinski definition) is 5. The number of hydrogen-bond donors (Lipinski definition) is 2. The molecular weight excluding hydrogens is 260 g/mol. The summed E-state index contributed by atoms with van der Waals surface area (Å²) < 4.78 is 7.59. The van der Waals surface area contributed by atoms with Gasteiger partial charge in [-0.3, -0.25) is 14.3 Å². The Morgan fingerprint density at radius 2 is 2.00 bits per heavy atom. The van der Waals surface area contributed by atoms with Crippen molar-refractivity contribution < 1.29 is 14.3 Å². The number of primary amides is 1. The van der Waals surface area contributed by atoms with Crippen LogP contribution in [0.3, 0.4) is 0 Å². The summed E-state index contributed by atoms with van der Waals surface area (Å²) in [5.74, 6) is -1.01. The van der Waals surface area contributed by atoms with Gasteiger partial charge < -0.3 is 10.5 Å². The fourth-order valence-corrected chi connectivity index (χ4v) is 2.45. The van der Waals surface area contributed by atoms with Crippen molar-refractivity contribution in [2.75, 3.05) is 6.61 Å². The molecule has 0 fully saturated rings. The first-order valence-electron chi connectivity index (χ1n) is 4.79. The number of carbonyl (C=O) groups is 2. The second-order valence-corrected chi connectivity index (χ2v) is 4.88. The van der Waals surface area contributed by atoms with Crippen LogP contribution in [0.25, 0.3) is 0 Å². The number of nitrogens with one attached hydrogen (secondary N) is 1. The average molecular weight is 272 g/mol. The van der Waals surface area contributed by atoms with Crippen LogP contribution in [0.1, 0.15) is 6.92 Å². The Morgan fingerprint density at radius 3 is 2.53 bits per heavy atom. The summed E-state index contributed by atoms with van der Waals surface area (Å²) in [6.45, 7) is 2.54. The minimum absolute atomic E-state index is 0.621. The molecule has 92 valence electrons. The highest BCUT2D eigenvalue weighted by Crippen LogP contribution is 2.29. The maximum absolute atomic E-state index is 10.8. The van der Waals surface area contributed by atoms with Gasteiger partial charge in [0.25, 0.3) is 0 Å². The second kappa shape index (κ2) is 7.08. The minimum atomic E-state index is -0.996. The molecule has 3 N–H and O–H groups in total. The molecule has 1 rings (SSSR count). The van der Waals surface area contributed by atoms with Crippen molar-refractivity contribution in [2.45, 2.75) is 11.8 Å². The predicted molar refractivity (Wildman–Crippen MR) is 68.4 cm³/mol. The summed E-state index contributed by atoms with van der Waals surface area (Å²) in [6.07, 6.45) is 0. The Morgan fingerprint density at radius 1 is 1.35 bits per heavy atom. The molecule has 0 radical (unpaired) electrons. The molecule has 0 atom stereocenters. The smallest absolute Gasteiger partial charge is 0.319 e. The highest BCUT2D eigenvalue weighted by atomic mass is 33.1. The molecule has 0 heterocycles. The molecule has 0 aromatic heterocycles. The Labute approximate surface area is 107 Å². The molecule has 0 bridgehead atoms. The number of carbonyl (C=O) groups excluding carboxylic acids is 2. The van der Waals surface area contributed by atoms with Gasteiger partial charge in [0.15, 0.2) is 0 Å². The molecule has 0 spiro atoms. The van der Waals surface area contributed by atoms with E-state index in [1.807, 2.05) is 31.2 Å². The SMILES string of the molecule is CCOc1ccc(SSNC(=O)C(N)=O)cc1. The molecule has 0 unspecified atom stereocenters. The lowest BCUT2D eigenvalue weighted by atomic mass is 10.3. The van der Waals surface area contributed by atoms with Crippen molar-refractivity contribution in [3.8, 4) is 5.75 Å². The third-order valence-electron chi connectivity index (χ3n) is 1.63. The Hall–Kier alpha value is -1.34. The molecular formula is C10H12N2O3S2. The molecule has 2 amide bonds. The first-order chi connectivity index (χ1) is 8.13. The number of rotatable bonds is 5. The molecule has 7 heteroatoms. The number of ether oxygens (including phenoxy) is 1. The lowest BCUT2D eigenvalue weighted by Gasteiger charge is -2.04. The monoisotopic (exact) mass is 272 g/mol. The van der Waals surface area contributed by atoms with Gasteiger partial charge in [0.2, 0.25) is 0 Å². The van der Waals surface area contributed by atoms with E-state index >= 15 is 0 Å². The molecule has 17 heavy (non-hydrogen) atoms. The summed E-state index contributed by atoms with van der Waals surface area (Å²) >= 11 is 0. The van der Waals surface area contributed by atoms with Crippen molar-refractivity contribution in [1.82, 2.24) is 4.72 Å². The lowest BCUT2D eigenvalue weighted by Crippen LogP contribution is -2.31. The van der Waals surface area contributed by atoms with Gasteiger partial charge in [-0.1, -0.05) is 0 Å². The fraction of sp³-hybridized carbons (Fsp3) is 0.200. The van der Waals surface area contributed by atoms with Crippen LogP contribution in [-0.2, 0) is 9.59 Å². The van der Waals surface area contributed by atoms with E-state index in [0.717, 1.165) is 21.6 Å². The molecule has 1 aromatic rings. The molecule has 5 nitrogen and oxygen atoms in total. The normalized spacial score (nSPS) is 9.71. The van der Waals surface area contributed by atoms with Crippen LogP contribution in [0.15, 0.2) is 29.2 Å². The van der Waals surface area contributed by atoms with Crippen molar-refractivity contribution >= 4 is 33.6 Å². The number of nitrogens with two attached hydrogens (primary N) is 1. The summed E-state index contributed by atoms with van der Waals surface area (Å²) in [7, 11) is 2.35. The Kier molecular flexibility index (Phi) is 5.71. The average Bonchev–Trinajstić information content (AvgIpc) is 2.31. The zero-order chi connectivity index (χ0) is 12.7. The van der Waals surface area contributed by atoms with E-state index in [0.29, 0.717) is 6.61 Å². The Bertz CT molecular complexity index is 395. The first-order valence-corrected chi connectivity index (χ1v) is 6.94. The lowest BCUT2D eigenvalue weighted by molar-refractivity contribution is -0.136. The molecule has 0 aliphatic rings. The first kappa shape index (κ1) is 13.7. The van der Waals surface area contributed by atoms with E-state index in [-0.39, 0.29) is 0 Å². The largest absolute Gasteiger partial charge is 0.494 e. The van der Waals surface area contributed by atoms with E-state index in [2.05, 4.69) is 4.72 Å². The van der Waals surface area contributed by atoms with Gasteiger partial charge in [0, 0.05) is 15.9 Å². The molecule has 0 aliphatic carbocycles. The van der Waals surface area contributed by atoms with Gasteiger partial charge in [-0.05, 0) is 42.0 Å². The van der Waals surface area contributed by atoms with E-state index in [1.165, 1.54) is 10.8 Å².